The molecule has 1 fully saturated rings. The largest absolute Gasteiger partial charge is 0.487 e. The summed E-state index contributed by atoms with van der Waals surface area (Å²) in [5.74, 6) is 0.0661. The number of benzene rings is 2. The molecule has 2 aromatic carbocycles. The van der Waals surface area contributed by atoms with Gasteiger partial charge >= 0.3 is 5.97 Å². The molecule has 0 spiro atoms. The van der Waals surface area contributed by atoms with Crippen LogP contribution in [0, 0.1) is 0 Å². The van der Waals surface area contributed by atoms with Gasteiger partial charge in [0.25, 0.3) is 0 Å². The maximum absolute atomic E-state index is 12.9. The molecule has 5 heteroatoms. The minimum Gasteiger partial charge on any atom is -0.487 e. The lowest BCUT2D eigenvalue weighted by molar-refractivity contribution is 0.0697. The summed E-state index contributed by atoms with van der Waals surface area (Å²) in [6.45, 7) is 2.15. The van der Waals surface area contributed by atoms with Gasteiger partial charge in [-0.3, -0.25) is 4.79 Å². The highest BCUT2D eigenvalue weighted by Crippen LogP contribution is 2.56. The van der Waals surface area contributed by atoms with Crippen molar-refractivity contribution >= 4 is 16.9 Å². The zero-order valence-electron chi connectivity index (χ0n) is 14.3. The van der Waals surface area contributed by atoms with Gasteiger partial charge in [0.05, 0.1) is 17.6 Å². The van der Waals surface area contributed by atoms with Crippen LogP contribution >= 0.6 is 0 Å². The smallest absolute Gasteiger partial charge is 0.335 e. The molecule has 1 N–H and O–H groups in total. The first-order valence-electron chi connectivity index (χ1n) is 8.62. The molecule has 5 nitrogen and oxygen atoms in total. The van der Waals surface area contributed by atoms with Crippen molar-refractivity contribution in [3.05, 3.63) is 75.6 Å². The summed E-state index contributed by atoms with van der Waals surface area (Å²) in [6.07, 6.45) is 0.895. The fourth-order valence-corrected chi connectivity index (χ4v) is 3.41. The van der Waals surface area contributed by atoms with Crippen molar-refractivity contribution in [2.75, 3.05) is 6.61 Å². The van der Waals surface area contributed by atoms with Gasteiger partial charge in [0, 0.05) is 5.92 Å². The Morgan fingerprint density at radius 2 is 1.96 bits per heavy atom. The molecule has 1 aliphatic carbocycles. The van der Waals surface area contributed by atoms with Crippen molar-refractivity contribution in [1.29, 1.82) is 0 Å². The standard InChI is InChI=1S/C21H18O5/c1-2-25-20-18(22)16-10-13(21(23)24)8-9-17(16)26-19(20)15-11-14(15)12-6-4-3-5-7-12/h3-10,14-15H,2,11H2,1H3,(H,23,24). The average Bonchev–Trinajstić information content (AvgIpc) is 3.45. The molecule has 2 unspecified atom stereocenters. The van der Waals surface area contributed by atoms with Gasteiger partial charge in [0.15, 0.2) is 5.76 Å². The zero-order chi connectivity index (χ0) is 18.3. The van der Waals surface area contributed by atoms with E-state index in [1.54, 1.807) is 6.07 Å². The van der Waals surface area contributed by atoms with Crippen LogP contribution in [0.15, 0.2) is 57.7 Å². The molecule has 1 aromatic heterocycles. The van der Waals surface area contributed by atoms with Gasteiger partial charge in [0.2, 0.25) is 11.2 Å². The highest BCUT2D eigenvalue weighted by Gasteiger charge is 2.44. The third-order valence-corrected chi connectivity index (χ3v) is 4.76. The third kappa shape index (κ3) is 2.75. The minimum atomic E-state index is -1.08. The number of carboxylic acids is 1. The van der Waals surface area contributed by atoms with E-state index in [1.165, 1.54) is 17.7 Å². The average molecular weight is 350 g/mol. The topological polar surface area (TPSA) is 76.7 Å². The number of carbonyl (C=O) groups is 1. The first kappa shape index (κ1) is 16.4. The maximum Gasteiger partial charge on any atom is 0.335 e. The Morgan fingerprint density at radius 1 is 1.19 bits per heavy atom. The molecule has 0 saturated heterocycles. The second kappa shape index (κ2) is 6.33. The lowest BCUT2D eigenvalue weighted by Gasteiger charge is -2.10. The van der Waals surface area contributed by atoms with Crippen LogP contribution in [0.3, 0.4) is 0 Å². The molecule has 0 bridgehead atoms. The van der Waals surface area contributed by atoms with Crippen molar-refractivity contribution in [1.82, 2.24) is 0 Å². The normalized spacial score (nSPS) is 18.7. The monoisotopic (exact) mass is 350 g/mol. The van der Waals surface area contributed by atoms with E-state index in [0.29, 0.717) is 23.9 Å². The van der Waals surface area contributed by atoms with E-state index in [1.807, 2.05) is 25.1 Å². The van der Waals surface area contributed by atoms with Gasteiger partial charge in [-0.25, -0.2) is 4.79 Å². The Hall–Kier alpha value is -3.08. The fraction of sp³-hybridized carbons (Fsp3) is 0.238. The SMILES string of the molecule is CCOc1c(C2CC2c2ccccc2)oc2ccc(C(=O)O)cc2c1=O. The quantitative estimate of drug-likeness (QED) is 0.748. The second-order valence-corrected chi connectivity index (χ2v) is 6.43. The van der Waals surface area contributed by atoms with Crippen LogP contribution in [-0.2, 0) is 0 Å². The van der Waals surface area contributed by atoms with Crippen LogP contribution in [0.2, 0.25) is 0 Å². The summed E-state index contributed by atoms with van der Waals surface area (Å²) in [5, 5.41) is 9.39. The number of carboxylic acid groups (broad SMARTS) is 1. The van der Waals surface area contributed by atoms with Gasteiger partial charge in [-0.15, -0.1) is 0 Å². The fourth-order valence-electron chi connectivity index (χ4n) is 3.41. The minimum absolute atomic E-state index is 0.0496. The van der Waals surface area contributed by atoms with Crippen LogP contribution in [0.5, 0.6) is 5.75 Å². The summed E-state index contributed by atoms with van der Waals surface area (Å²) < 4.78 is 11.6. The van der Waals surface area contributed by atoms with Crippen molar-refractivity contribution in [2.24, 2.45) is 0 Å². The Kier molecular flexibility index (Phi) is 3.99. The number of hydrogen-bond donors (Lipinski definition) is 1. The lowest BCUT2D eigenvalue weighted by atomic mass is 10.1. The molecule has 132 valence electrons. The third-order valence-electron chi connectivity index (χ3n) is 4.76. The van der Waals surface area contributed by atoms with Crippen molar-refractivity contribution in [3.63, 3.8) is 0 Å². The van der Waals surface area contributed by atoms with Crippen LogP contribution in [0.25, 0.3) is 11.0 Å². The molecule has 0 amide bonds. The van der Waals surface area contributed by atoms with Gasteiger partial charge in [-0.1, -0.05) is 30.3 Å². The first-order valence-corrected chi connectivity index (χ1v) is 8.62. The number of hydrogen-bond acceptors (Lipinski definition) is 4. The van der Waals surface area contributed by atoms with Gasteiger partial charge in [-0.05, 0) is 43.0 Å². The van der Waals surface area contributed by atoms with Crippen LogP contribution in [-0.4, -0.2) is 17.7 Å². The van der Waals surface area contributed by atoms with E-state index in [4.69, 9.17) is 14.3 Å². The van der Waals surface area contributed by atoms with E-state index in [9.17, 15) is 9.59 Å². The summed E-state index contributed by atoms with van der Waals surface area (Å²) in [5.41, 5.74) is 1.33. The lowest BCUT2D eigenvalue weighted by Crippen LogP contribution is -2.12. The number of fused-ring (bicyclic) bond motifs is 1. The number of ether oxygens (including phenoxy) is 1. The highest BCUT2D eigenvalue weighted by molar-refractivity contribution is 5.93. The molecule has 1 saturated carbocycles. The van der Waals surface area contributed by atoms with Gasteiger partial charge in [-0.2, -0.15) is 0 Å². The Labute approximate surface area is 149 Å². The molecule has 0 radical (unpaired) electrons. The van der Waals surface area contributed by atoms with Crippen molar-refractivity contribution < 1.29 is 19.1 Å². The van der Waals surface area contributed by atoms with Crippen LogP contribution < -0.4 is 10.2 Å². The van der Waals surface area contributed by atoms with Crippen molar-refractivity contribution in [2.45, 2.75) is 25.2 Å². The Morgan fingerprint density at radius 3 is 2.65 bits per heavy atom. The predicted octanol–water partition coefficient (Wildman–Crippen LogP) is 4.16. The Bertz CT molecular complexity index is 1040. The molecule has 1 aliphatic rings. The molecular weight excluding hydrogens is 332 g/mol. The van der Waals surface area contributed by atoms with E-state index in [0.717, 1.165) is 6.42 Å². The molecule has 4 rings (SSSR count). The molecular formula is C21H18O5. The number of aromatic carboxylic acids is 1. The van der Waals surface area contributed by atoms with Crippen LogP contribution in [0.4, 0.5) is 0 Å². The van der Waals surface area contributed by atoms with Crippen molar-refractivity contribution in [3.8, 4) is 5.75 Å². The molecule has 2 atom stereocenters. The Balaban J connectivity index is 1.82. The van der Waals surface area contributed by atoms with Crippen LogP contribution in [0.1, 0.15) is 46.9 Å². The number of rotatable bonds is 5. The highest BCUT2D eigenvalue weighted by atomic mass is 16.5. The van der Waals surface area contributed by atoms with E-state index in [-0.39, 0.29) is 28.0 Å². The molecule has 1 heterocycles. The summed E-state index contributed by atoms with van der Waals surface area (Å²) in [7, 11) is 0. The molecule has 26 heavy (non-hydrogen) atoms. The molecule has 0 aliphatic heterocycles. The summed E-state index contributed by atoms with van der Waals surface area (Å²) in [6, 6.07) is 14.4. The second-order valence-electron chi connectivity index (χ2n) is 6.43. The zero-order valence-corrected chi connectivity index (χ0v) is 14.3. The van der Waals surface area contributed by atoms with E-state index >= 15 is 0 Å². The summed E-state index contributed by atoms with van der Waals surface area (Å²) >= 11 is 0. The van der Waals surface area contributed by atoms with E-state index < -0.39 is 5.97 Å². The van der Waals surface area contributed by atoms with Gasteiger partial charge < -0.3 is 14.3 Å². The van der Waals surface area contributed by atoms with E-state index in [2.05, 4.69) is 12.1 Å². The first-order chi connectivity index (χ1) is 12.6. The predicted molar refractivity (Wildman–Crippen MR) is 97.2 cm³/mol. The summed E-state index contributed by atoms with van der Waals surface area (Å²) in [4.78, 5) is 24.1. The maximum atomic E-state index is 12.9. The van der Waals surface area contributed by atoms with Gasteiger partial charge in [0.1, 0.15) is 5.58 Å². The molecule has 3 aromatic rings.